The molecule has 0 radical (unpaired) electrons. The van der Waals surface area contributed by atoms with Gasteiger partial charge < -0.3 is 4.90 Å². The lowest BCUT2D eigenvalue weighted by Crippen LogP contribution is -2.24. The minimum atomic E-state index is -0.0875. The van der Waals surface area contributed by atoms with Crippen LogP contribution in [0.3, 0.4) is 0 Å². The summed E-state index contributed by atoms with van der Waals surface area (Å²) in [6.45, 7) is 0.567. The number of anilines is 1. The highest BCUT2D eigenvalue weighted by Gasteiger charge is 2.29. The van der Waals surface area contributed by atoms with Crippen LogP contribution in [0.5, 0.6) is 0 Å². The van der Waals surface area contributed by atoms with Crippen LogP contribution < -0.4 is 4.90 Å². The Hall–Kier alpha value is -0.0000000000000000555. The first kappa shape index (κ1) is 11.5. The Kier molecular flexibility index (Phi) is 3.42. The van der Waals surface area contributed by atoms with Crippen LogP contribution in [-0.4, -0.2) is 17.8 Å². The second-order valence-electron chi connectivity index (χ2n) is 3.40. The summed E-state index contributed by atoms with van der Waals surface area (Å²) >= 11 is 14.1. The van der Waals surface area contributed by atoms with Crippen molar-refractivity contribution in [3.05, 3.63) is 26.8 Å². The lowest BCUT2D eigenvalue weighted by molar-refractivity contribution is -0.117. The third kappa shape index (κ3) is 2.40. The molecule has 1 fully saturated rings. The molecule has 2 rings (SSSR count). The number of hydrogen-bond acceptors (Lipinski definition) is 1. The molecule has 0 spiro atoms. The Bertz CT molecular complexity index is 410. The molecule has 1 unspecified atom stereocenters. The van der Waals surface area contributed by atoms with Gasteiger partial charge in [0.1, 0.15) is 0 Å². The molecule has 0 aromatic heterocycles. The normalized spacial score (nSPS) is 21.1. The third-order valence-corrected chi connectivity index (χ3v) is 4.16. The molecular weight excluding hydrogens is 348 g/mol. The molecule has 1 aliphatic heterocycles. The van der Waals surface area contributed by atoms with E-state index in [4.69, 9.17) is 23.2 Å². The molecule has 15 heavy (non-hydrogen) atoms. The molecule has 0 N–H and O–H groups in total. The zero-order valence-corrected chi connectivity index (χ0v) is 11.4. The van der Waals surface area contributed by atoms with Crippen LogP contribution in [0.4, 0.5) is 5.69 Å². The van der Waals surface area contributed by atoms with Crippen LogP contribution in [0, 0.1) is 3.57 Å². The summed E-state index contributed by atoms with van der Waals surface area (Å²) in [6, 6.07) is 5.59. The Labute approximate surface area is 112 Å². The molecular formula is C10H8Cl2INO. The van der Waals surface area contributed by atoms with E-state index in [-0.39, 0.29) is 11.3 Å². The van der Waals surface area contributed by atoms with Gasteiger partial charge in [-0.1, -0.05) is 11.6 Å². The van der Waals surface area contributed by atoms with Gasteiger partial charge in [-0.25, -0.2) is 0 Å². The molecule has 80 valence electrons. The van der Waals surface area contributed by atoms with E-state index in [9.17, 15) is 4.79 Å². The average molecular weight is 356 g/mol. The number of carbonyl (C=O) groups excluding carboxylic acids is 1. The van der Waals surface area contributed by atoms with E-state index in [0.29, 0.717) is 18.0 Å². The second-order valence-corrected chi connectivity index (χ2v) is 5.59. The van der Waals surface area contributed by atoms with Crippen molar-refractivity contribution in [2.45, 2.75) is 11.8 Å². The number of hydrogen-bond donors (Lipinski definition) is 0. The van der Waals surface area contributed by atoms with E-state index in [1.807, 2.05) is 12.1 Å². The first-order chi connectivity index (χ1) is 7.08. The van der Waals surface area contributed by atoms with E-state index in [0.717, 1.165) is 9.26 Å². The van der Waals surface area contributed by atoms with Crippen LogP contribution in [0.15, 0.2) is 18.2 Å². The number of halogens is 3. The third-order valence-electron chi connectivity index (χ3n) is 2.29. The fraction of sp³-hybridized carbons (Fsp3) is 0.300. The molecule has 1 atom stereocenters. The Morgan fingerprint density at radius 3 is 2.73 bits per heavy atom. The first-order valence-corrected chi connectivity index (χ1v) is 6.36. The van der Waals surface area contributed by atoms with E-state index in [1.54, 1.807) is 11.0 Å². The molecule has 2 nitrogen and oxygen atoms in total. The van der Waals surface area contributed by atoms with E-state index in [1.165, 1.54) is 0 Å². The monoisotopic (exact) mass is 355 g/mol. The smallest absolute Gasteiger partial charge is 0.228 e. The van der Waals surface area contributed by atoms with Crippen LogP contribution in [0.25, 0.3) is 0 Å². The summed E-state index contributed by atoms with van der Waals surface area (Å²) in [4.78, 5) is 13.3. The van der Waals surface area contributed by atoms with Crippen LogP contribution in [-0.2, 0) is 4.79 Å². The summed E-state index contributed by atoms with van der Waals surface area (Å²) < 4.78 is 0.979. The number of benzene rings is 1. The SMILES string of the molecule is O=C1CC(Cl)CN1c1ccc(I)c(Cl)c1. The van der Waals surface area contributed by atoms with Crippen molar-refractivity contribution in [2.75, 3.05) is 11.4 Å². The highest BCUT2D eigenvalue weighted by atomic mass is 127. The minimum Gasteiger partial charge on any atom is -0.311 e. The maximum Gasteiger partial charge on any atom is 0.228 e. The predicted molar refractivity (Wildman–Crippen MR) is 70.8 cm³/mol. The van der Waals surface area contributed by atoms with Crippen molar-refractivity contribution in [3.8, 4) is 0 Å². The molecule has 0 aliphatic carbocycles. The van der Waals surface area contributed by atoms with Crippen molar-refractivity contribution in [3.63, 3.8) is 0 Å². The number of nitrogens with zero attached hydrogens (tertiary/aromatic N) is 1. The summed E-state index contributed by atoms with van der Waals surface area (Å²) in [6.07, 6.45) is 0.408. The van der Waals surface area contributed by atoms with Gasteiger partial charge in [0.15, 0.2) is 0 Å². The summed E-state index contributed by atoms with van der Waals surface area (Å²) in [5.74, 6) is 0.0623. The van der Waals surface area contributed by atoms with Crippen molar-refractivity contribution in [2.24, 2.45) is 0 Å². The maximum atomic E-state index is 11.6. The van der Waals surface area contributed by atoms with Crippen molar-refractivity contribution in [1.82, 2.24) is 0 Å². The number of carbonyl (C=O) groups is 1. The van der Waals surface area contributed by atoms with E-state index >= 15 is 0 Å². The van der Waals surface area contributed by atoms with Gasteiger partial charge in [0.2, 0.25) is 5.91 Å². The Morgan fingerprint density at radius 2 is 2.20 bits per heavy atom. The van der Waals surface area contributed by atoms with Gasteiger partial charge >= 0.3 is 0 Å². The zero-order valence-electron chi connectivity index (χ0n) is 7.71. The van der Waals surface area contributed by atoms with Gasteiger partial charge in [0.05, 0.1) is 10.4 Å². The molecule has 1 aromatic carbocycles. The molecule has 1 aliphatic rings. The average Bonchev–Trinajstić information content (AvgIpc) is 2.50. The van der Waals surface area contributed by atoms with Crippen LogP contribution in [0.2, 0.25) is 5.02 Å². The fourth-order valence-corrected chi connectivity index (χ4v) is 2.35. The lowest BCUT2D eigenvalue weighted by Gasteiger charge is -2.16. The molecule has 1 aromatic rings. The number of rotatable bonds is 1. The zero-order chi connectivity index (χ0) is 11.0. The lowest BCUT2D eigenvalue weighted by atomic mass is 10.3. The first-order valence-electron chi connectivity index (χ1n) is 4.47. The summed E-state index contributed by atoms with van der Waals surface area (Å²) in [7, 11) is 0. The van der Waals surface area contributed by atoms with E-state index < -0.39 is 0 Å². The Balaban J connectivity index is 2.30. The fourth-order valence-electron chi connectivity index (χ4n) is 1.57. The van der Waals surface area contributed by atoms with Crippen molar-refractivity contribution >= 4 is 57.4 Å². The van der Waals surface area contributed by atoms with E-state index in [2.05, 4.69) is 22.6 Å². The van der Waals surface area contributed by atoms with Gasteiger partial charge in [-0.15, -0.1) is 11.6 Å². The molecule has 1 saturated heterocycles. The minimum absolute atomic E-state index is 0.0623. The second kappa shape index (κ2) is 4.47. The predicted octanol–water partition coefficient (Wildman–Crippen LogP) is 3.29. The van der Waals surface area contributed by atoms with Crippen molar-refractivity contribution < 1.29 is 4.79 Å². The standard InChI is InChI=1S/C10H8Cl2INO/c11-6-3-10(15)14(5-6)7-1-2-9(13)8(12)4-7/h1-2,4,6H,3,5H2. The van der Waals surface area contributed by atoms with Gasteiger partial charge in [-0.3, -0.25) is 4.79 Å². The molecule has 5 heteroatoms. The largest absolute Gasteiger partial charge is 0.311 e. The Morgan fingerprint density at radius 1 is 1.47 bits per heavy atom. The van der Waals surface area contributed by atoms with Gasteiger partial charge in [0.25, 0.3) is 0 Å². The number of amides is 1. The quantitative estimate of drug-likeness (QED) is 0.559. The molecule has 1 heterocycles. The summed E-state index contributed by atoms with van der Waals surface area (Å²) in [5, 5.41) is 0.578. The van der Waals surface area contributed by atoms with Crippen molar-refractivity contribution in [1.29, 1.82) is 0 Å². The summed E-state index contributed by atoms with van der Waals surface area (Å²) in [5.41, 5.74) is 0.827. The molecule has 0 saturated carbocycles. The molecule has 1 amide bonds. The topological polar surface area (TPSA) is 20.3 Å². The molecule has 0 bridgehead atoms. The highest BCUT2D eigenvalue weighted by molar-refractivity contribution is 14.1. The van der Waals surface area contributed by atoms with Crippen LogP contribution >= 0.6 is 45.8 Å². The van der Waals surface area contributed by atoms with Gasteiger partial charge in [0, 0.05) is 22.2 Å². The van der Waals surface area contributed by atoms with Gasteiger partial charge in [-0.2, -0.15) is 0 Å². The number of alkyl halides is 1. The highest BCUT2D eigenvalue weighted by Crippen LogP contribution is 2.28. The van der Waals surface area contributed by atoms with Crippen LogP contribution in [0.1, 0.15) is 6.42 Å². The maximum absolute atomic E-state index is 11.6. The van der Waals surface area contributed by atoms with Gasteiger partial charge in [-0.05, 0) is 40.8 Å².